The number of rotatable bonds is 13. The van der Waals surface area contributed by atoms with E-state index in [4.69, 9.17) is 9.97 Å². The minimum absolute atomic E-state index is 0.0499. The Morgan fingerprint density at radius 2 is 0.917 bits per heavy atom. The fourth-order valence-corrected chi connectivity index (χ4v) is 6.78. The first-order valence-electron chi connectivity index (χ1n) is 15.3. The molecule has 0 aliphatic heterocycles. The van der Waals surface area contributed by atoms with E-state index >= 15 is 0 Å². The molecule has 6 aromatic rings. The summed E-state index contributed by atoms with van der Waals surface area (Å²) in [5, 5.41) is 7.41. The maximum Gasteiger partial charge on any atom is 0.262 e. The summed E-state index contributed by atoms with van der Waals surface area (Å²) in [7, 11) is 0. The highest BCUT2D eigenvalue weighted by atomic mass is 32.2. The lowest BCUT2D eigenvalue weighted by Gasteiger charge is -2.16. The Morgan fingerprint density at radius 3 is 1.33 bits per heavy atom. The molecule has 2 heterocycles. The predicted molar refractivity (Wildman–Crippen MR) is 190 cm³/mol. The summed E-state index contributed by atoms with van der Waals surface area (Å²) in [4.78, 5) is 62.5. The molecule has 2 amide bonds. The van der Waals surface area contributed by atoms with Gasteiger partial charge in [0, 0.05) is 26.2 Å². The quantitative estimate of drug-likeness (QED) is 0.134. The normalized spacial score (nSPS) is 11.1. The van der Waals surface area contributed by atoms with Gasteiger partial charge in [0.05, 0.1) is 33.3 Å². The van der Waals surface area contributed by atoms with Crippen molar-refractivity contribution < 1.29 is 9.59 Å². The molecule has 0 bridgehead atoms. The first kappa shape index (κ1) is 32.7. The van der Waals surface area contributed by atoms with Gasteiger partial charge >= 0.3 is 0 Å². The zero-order valence-corrected chi connectivity index (χ0v) is 27.5. The molecule has 0 saturated heterocycles. The number of nitrogens with one attached hydrogen (secondary N) is 2. The summed E-state index contributed by atoms with van der Waals surface area (Å²) in [5.74, 6) is -0.295. The zero-order chi connectivity index (χ0) is 33.3. The summed E-state index contributed by atoms with van der Waals surface area (Å²) in [5.41, 5.74) is 2.46. The summed E-state index contributed by atoms with van der Waals surface area (Å²) in [6.45, 7) is 0.970. The van der Waals surface area contributed by atoms with Gasteiger partial charge in [-0.25, -0.2) is 9.97 Å². The van der Waals surface area contributed by atoms with Crippen LogP contribution >= 0.6 is 23.5 Å². The summed E-state index contributed by atoms with van der Waals surface area (Å²) >= 11 is 2.32. The third kappa shape index (κ3) is 8.01. The lowest BCUT2D eigenvalue weighted by molar-refractivity contribution is -0.119. The fourth-order valence-electron chi connectivity index (χ4n) is 5.07. The molecule has 0 aliphatic rings. The number of benzene rings is 4. The van der Waals surface area contributed by atoms with E-state index in [0.717, 1.165) is 34.7 Å². The van der Waals surface area contributed by atoms with Crippen molar-refractivity contribution in [3.8, 4) is 0 Å². The van der Waals surface area contributed by atoms with E-state index in [-0.39, 0.29) is 47.5 Å². The molecular weight excluding hydrogens is 645 g/mol. The van der Waals surface area contributed by atoms with Gasteiger partial charge in [-0.2, -0.15) is 0 Å². The molecule has 0 fully saturated rings. The Kier molecular flexibility index (Phi) is 10.6. The minimum Gasteiger partial charge on any atom is -0.351 e. The molecule has 12 heteroatoms. The molecule has 0 spiro atoms. The highest BCUT2D eigenvalue weighted by Gasteiger charge is 2.17. The van der Waals surface area contributed by atoms with Crippen LogP contribution in [0, 0.1) is 0 Å². The number of fused-ring (bicyclic) bond motifs is 2. The molecule has 2 N–H and O–H groups in total. The van der Waals surface area contributed by atoms with Crippen molar-refractivity contribution >= 4 is 57.1 Å². The Labute approximate surface area is 284 Å². The van der Waals surface area contributed by atoms with Crippen LogP contribution in [0.2, 0.25) is 0 Å². The highest BCUT2D eigenvalue weighted by Crippen LogP contribution is 2.20. The SMILES string of the molecule is O=C(CSc1nc2ccccc2c(=O)n1CCn1c(SCC(=O)NCc2ccccc2)nc2ccccc2c1=O)NCc1ccccc1. The van der Waals surface area contributed by atoms with Gasteiger partial charge < -0.3 is 10.6 Å². The van der Waals surface area contributed by atoms with Crippen LogP contribution in [0.1, 0.15) is 11.1 Å². The van der Waals surface area contributed by atoms with Gasteiger partial charge in [-0.15, -0.1) is 0 Å². The summed E-state index contributed by atoms with van der Waals surface area (Å²) < 4.78 is 3.00. The molecule has 0 saturated carbocycles. The van der Waals surface area contributed by atoms with Gasteiger partial charge in [0.25, 0.3) is 11.1 Å². The van der Waals surface area contributed by atoms with Crippen LogP contribution in [0.4, 0.5) is 0 Å². The van der Waals surface area contributed by atoms with E-state index in [1.807, 2.05) is 60.7 Å². The van der Waals surface area contributed by atoms with Crippen molar-refractivity contribution in [1.29, 1.82) is 0 Å². The van der Waals surface area contributed by atoms with Gasteiger partial charge in [0.15, 0.2) is 10.3 Å². The van der Waals surface area contributed by atoms with Crippen molar-refractivity contribution in [2.24, 2.45) is 0 Å². The summed E-state index contributed by atoms with van der Waals surface area (Å²) in [6, 6.07) is 33.3. The van der Waals surface area contributed by atoms with Crippen LogP contribution in [-0.4, -0.2) is 42.4 Å². The van der Waals surface area contributed by atoms with Crippen molar-refractivity contribution in [3.63, 3.8) is 0 Å². The van der Waals surface area contributed by atoms with Crippen LogP contribution < -0.4 is 21.8 Å². The highest BCUT2D eigenvalue weighted by molar-refractivity contribution is 8.00. The Bertz CT molecular complexity index is 2030. The molecule has 0 unspecified atom stereocenters. The number of carbonyl (C=O) groups is 2. The number of hydrogen-bond acceptors (Lipinski definition) is 8. The average Bonchev–Trinajstić information content (AvgIpc) is 3.12. The molecule has 4 aromatic carbocycles. The minimum atomic E-state index is -0.274. The lowest BCUT2D eigenvalue weighted by Crippen LogP contribution is -2.31. The number of thioether (sulfide) groups is 2. The topological polar surface area (TPSA) is 128 Å². The Morgan fingerprint density at radius 1 is 0.542 bits per heavy atom. The fraction of sp³-hybridized carbons (Fsp3) is 0.167. The number of amides is 2. The maximum absolute atomic E-state index is 13.8. The van der Waals surface area contributed by atoms with E-state index < -0.39 is 0 Å². The van der Waals surface area contributed by atoms with Crippen molar-refractivity contribution in [2.75, 3.05) is 11.5 Å². The van der Waals surface area contributed by atoms with Gasteiger partial charge in [-0.1, -0.05) is 108 Å². The third-order valence-electron chi connectivity index (χ3n) is 7.53. The number of aromatic nitrogens is 4. The summed E-state index contributed by atoms with van der Waals surface area (Å²) in [6.07, 6.45) is 0. The number of nitrogens with zero attached hydrogens (tertiary/aromatic N) is 4. The Balaban J connectivity index is 1.23. The molecule has 48 heavy (non-hydrogen) atoms. The smallest absolute Gasteiger partial charge is 0.262 e. The third-order valence-corrected chi connectivity index (χ3v) is 9.48. The first-order valence-corrected chi connectivity index (χ1v) is 17.3. The van der Waals surface area contributed by atoms with Crippen LogP contribution in [0.5, 0.6) is 0 Å². The predicted octanol–water partition coefficient (Wildman–Crippen LogP) is 4.62. The lowest BCUT2D eigenvalue weighted by atomic mass is 10.2. The first-order chi connectivity index (χ1) is 23.5. The van der Waals surface area contributed by atoms with Crippen LogP contribution in [0.3, 0.4) is 0 Å². The van der Waals surface area contributed by atoms with E-state index in [1.54, 1.807) is 48.5 Å². The maximum atomic E-state index is 13.8. The van der Waals surface area contributed by atoms with E-state index in [9.17, 15) is 19.2 Å². The van der Waals surface area contributed by atoms with Crippen LogP contribution in [0.15, 0.2) is 129 Å². The number of para-hydroxylation sites is 2. The molecule has 0 atom stereocenters. The largest absolute Gasteiger partial charge is 0.351 e. The van der Waals surface area contributed by atoms with Crippen molar-refractivity contribution in [1.82, 2.24) is 29.7 Å². The Hall–Kier alpha value is -5.20. The monoisotopic (exact) mass is 676 g/mol. The van der Waals surface area contributed by atoms with Gasteiger partial charge in [0.1, 0.15) is 0 Å². The van der Waals surface area contributed by atoms with E-state index in [2.05, 4.69) is 10.6 Å². The molecule has 242 valence electrons. The van der Waals surface area contributed by atoms with E-state index in [0.29, 0.717) is 45.2 Å². The van der Waals surface area contributed by atoms with Crippen molar-refractivity contribution in [2.45, 2.75) is 36.5 Å². The standard InChI is InChI=1S/C36H32N6O4S2/c43-31(37-21-25-11-3-1-4-12-25)23-47-35-39-29-17-9-7-15-27(29)33(45)41(35)19-20-42-34(46)28-16-8-10-18-30(28)40-36(42)48-24-32(44)38-22-26-13-5-2-6-14-26/h1-18H,19-24H2,(H,37,43)(H,38,44). The molecule has 0 radical (unpaired) electrons. The number of carbonyl (C=O) groups excluding carboxylic acids is 2. The van der Waals surface area contributed by atoms with E-state index in [1.165, 1.54) is 9.13 Å². The van der Waals surface area contributed by atoms with Crippen LogP contribution in [-0.2, 0) is 35.8 Å². The average molecular weight is 677 g/mol. The number of hydrogen-bond donors (Lipinski definition) is 2. The zero-order valence-electron chi connectivity index (χ0n) is 25.9. The van der Waals surface area contributed by atoms with Gasteiger partial charge in [-0.3, -0.25) is 28.3 Å². The van der Waals surface area contributed by atoms with Crippen molar-refractivity contribution in [3.05, 3.63) is 141 Å². The molecule has 10 nitrogen and oxygen atoms in total. The molecular formula is C36H32N6O4S2. The second-order valence-electron chi connectivity index (χ2n) is 10.8. The van der Waals surface area contributed by atoms with Crippen LogP contribution in [0.25, 0.3) is 21.8 Å². The van der Waals surface area contributed by atoms with Gasteiger partial charge in [-0.05, 0) is 35.4 Å². The molecule has 2 aromatic heterocycles. The molecule has 6 rings (SSSR count). The molecule has 0 aliphatic carbocycles. The second kappa shape index (κ2) is 15.6. The second-order valence-corrected chi connectivity index (χ2v) is 12.7. The van der Waals surface area contributed by atoms with Gasteiger partial charge in [0.2, 0.25) is 11.8 Å².